The molecule has 0 bridgehead atoms. The van der Waals surface area contributed by atoms with Crippen LogP contribution in [0.5, 0.6) is 0 Å². The molecule has 0 saturated carbocycles. The monoisotopic (exact) mass is 309 g/mol. The molecule has 0 aliphatic carbocycles. The Kier molecular flexibility index (Phi) is 3.93. The summed E-state index contributed by atoms with van der Waals surface area (Å²) in [5, 5.41) is 9.51. The molecule has 0 unspecified atom stereocenters. The number of H-pyrrole nitrogens is 1. The number of benzene rings is 2. The molecule has 5 heteroatoms. The first-order valence-corrected chi connectivity index (χ1v) is 7.23. The van der Waals surface area contributed by atoms with E-state index in [1.807, 2.05) is 31.2 Å². The topological polar surface area (TPSA) is 57.8 Å². The minimum atomic E-state index is -0.362. The fourth-order valence-electron chi connectivity index (χ4n) is 2.18. The zero-order chi connectivity index (χ0) is 16.4. The maximum atomic E-state index is 13.5. The molecule has 116 valence electrons. The first-order chi connectivity index (χ1) is 11.0. The molecular formula is C18H16FN3O. The van der Waals surface area contributed by atoms with Crippen LogP contribution in [0.25, 0.3) is 11.3 Å². The second-order valence-electron chi connectivity index (χ2n) is 5.45. The number of anilines is 1. The van der Waals surface area contributed by atoms with Crippen LogP contribution in [0, 0.1) is 19.7 Å². The third kappa shape index (κ3) is 3.29. The van der Waals surface area contributed by atoms with Crippen molar-refractivity contribution in [1.82, 2.24) is 10.2 Å². The van der Waals surface area contributed by atoms with Gasteiger partial charge in [0.2, 0.25) is 0 Å². The summed E-state index contributed by atoms with van der Waals surface area (Å²) in [5.74, 6) is -0.716. The van der Waals surface area contributed by atoms with E-state index in [0.29, 0.717) is 22.6 Å². The third-order valence-corrected chi connectivity index (χ3v) is 3.60. The summed E-state index contributed by atoms with van der Waals surface area (Å²) in [6.07, 6.45) is 0. The van der Waals surface area contributed by atoms with Gasteiger partial charge in [0.1, 0.15) is 11.5 Å². The van der Waals surface area contributed by atoms with E-state index in [0.717, 1.165) is 11.1 Å². The predicted octanol–water partition coefficient (Wildman–Crippen LogP) is 4.08. The minimum absolute atomic E-state index is 0.321. The summed E-state index contributed by atoms with van der Waals surface area (Å²) < 4.78 is 13.5. The number of nitrogens with zero attached hydrogens (tertiary/aromatic N) is 1. The van der Waals surface area contributed by atoms with Crippen molar-refractivity contribution in [3.63, 3.8) is 0 Å². The van der Waals surface area contributed by atoms with Crippen molar-refractivity contribution in [3.05, 3.63) is 71.2 Å². The average molecular weight is 309 g/mol. The highest BCUT2D eigenvalue weighted by Gasteiger charge is 2.12. The molecule has 0 aliphatic rings. The standard InChI is InChI=1S/C18H16FN3O/c1-11-3-6-13(7-4-11)16-10-17(22-21-16)18(23)20-14-8-5-12(2)15(19)9-14/h3-10H,1-2H3,(H,20,23)(H,21,22). The van der Waals surface area contributed by atoms with Gasteiger partial charge >= 0.3 is 0 Å². The van der Waals surface area contributed by atoms with E-state index < -0.39 is 0 Å². The second kappa shape index (κ2) is 6.04. The van der Waals surface area contributed by atoms with Gasteiger partial charge in [-0.1, -0.05) is 35.9 Å². The molecule has 0 spiro atoms. The maximum absolute atomic E-state index is 13.5. The average Bonchev–Trinajstić information content (AvgIpc) is 3.02. The summed E-state index contributed by atoms with van der Waals surface area (Å²) in [6, 6.07) is 14.1. The number of hydrogen-bond acceptors (Lipinski definition) is 2. The van der Waals surface area contributed by atoms with Crippen LogP contribution < -0.4 is 5.32 Å². The van der Waals surface area contributed by atoms with E-state index in [-0.39, 0.29) is 11.7 Å². The highest BCUT2D eigenvalue weighted by atomic mass is 19.1. The van der Waals surface area contributed by atoms with Gasteiger partial charge in [-0.3, -0.25) is 9.89 Å². The predicted molar refractivity (Wildman–Crippen MR) is 87.9 cm³/mol. The van der Waals surface area contributed by atoms with E-state index in [2.05, 4.69) is 15.5 Å². The van der Waals surface area contributed by atoms with E-state index >= 15 is 0 Å². The minimum Gasteiger partial charge on any atom is -0.321 e. The molecule has 3 rings (SSSR count). The van der Waals surface area contributed by atoms with Gasteiger partial charge in [-0.05, 0) is 37.6 Å². The lowest BCUT2D eigenvalue weighted by atomic mass is 10.1. The number of halogens is 1. The summed E-state index contributed by atoms with van der Waals surface area (Å²) in [4.78, 5) is 12.2. The Balaban J connectivity index is 1.78. The highest BCUT2D eigenvalue weighted by Crippen LogP contribution is 2.19. The highest BCUT2D eigenvalue weighted by molar-refractivity contribution is 6.03. The zero-order valence-corrected chi connectivity index (χ0v) is 12.9. The number of rotatable bonds is 3. The molecule has 0 saturated heterocycles. The molecule has 2 aromatic carbocycles. The first-order valence-electron chi connectivity index (χ1n) is 7.23. The molecule has 3 aromatic rings. The summed E-state index contributed by atoms with van der Waals surface area (Å²) in [7, 11) is 0. The Hall–Kier alpha value is -2.95. The van der Waals surface area contributed by atoms with E-state index in [1.54, 1.807) is 25.1 Å². The Morgan fingerprint density at radius 2 is 1.83 bits per heavy atom. The number of carbonyl (C=O) groups is 1. The van der Waals surface area contributed by atoms with Crippen LogP contribution in [0.2, 0.25) is 0 Å². The first kappa shape index (κ1) is 15.0. The van der Waals surface area contributed by atoms with Crippen LogP contribution >= 0.6 is 0 Å². The largest absolute Gasteiger partial charge is 0.321 e. The SMILES string of the molecule is Cc1ccc(-c2cc(C(=O)Nc3ccc(C)c(F)c3)[nH]n2)cc1. The number of aromatic nitrogens is 2. The van der Waals surface area contributed by atoms with Crippen molar-refractivity contribution in [2.24, 2.45) is 0 Å². The number of nitrogens with one attached hydrogen (secondary N) is 2. The maximum Gasteiger partial charge on any atom is 0.273 e. The second-order valence-corrected chi connectivity index (χ2v) is 5.45. The number of hydrogen-bond donors (Lipinski definition) is 2. The van der Waals surface area contributed by atoms with Gasteiger partial charge in [-0.2, -0.15) is 5.10 Å². The van der Waals surface area contributed by atoms with Crippen LogP contribution in [-0.4, -0.2) is 16.1 Å². The van der Waals surface area contributed by atoms with Crippen molar-refractivity contribution in [2.45, 2.75) is 13.8 Å². The number of amides is 1. The normalized spacial score (nSPS) is 10.6. The van der Waals surface area contributed by atoms with Gasteiger partial charge in [0.15, 0.2) is 0 Å². The van der Waals surface area contributed by atoms with Gasteiger partial charge in [0, 0.05) is 11.3 Å². The molecule has 4 nitrogen and oxygen atoms in total. The van der Waals surface area contributed by atoms with Crippen molar-refractivity contribution in [3.8, 4) is 11.3 Å². The Morgan fingerprint density at radius 3 is 2.52 bits per heavy atom. The molecule has 2 N–H and O–H groups in total. The van der Waals surface area contributed by atoms with Gasteiger partial charge < -0.3 is 5.32 Å². The van der Waals surface area contributed by atoms with Crippen LogP contribution in [0.3, 0.4) is 0 Å². The number of aromatic amines is 1. The Labute approximate surface area is 133 Å². The van der Waals surface area contributed by atoms with Crippen molar-refractivity contribution in [1.29, 1.82) is 0 Å². The van der Waals surface area contributed by atoms with Crippen molar-refractivity contribution in [2.75, 3.05) is 5.32 Å². The zero-order valence-electron chi connectivity index (χ0n) is 12.9. The van der Waals surface area contributed by atoms with Gasteiger partial charge in [0.05, 0.1) is 5.69 Å². The lowest BCUT2D eigenvalue weighted by molar-refractivity contribution is 0.102. The number of carbonyl (C=O) groups excluding carboxylic acids is 1. The van der Waals surface area contributed by atoms with E-state index in [4.69, 9.17) is 0 Å². The molecule has 1 heterocycles. The molecular weight excluding hydrogens is 293 g/mol. The van der Waals surface area contributed by atoms with Gasteiger partial charge in [-0.15, -0.1) is 0 Å². The smallest absolute Gasteiger partial charge is 0.273 e. The Morgan fingerprint density at radius 1 is 1.09 bits per heavy atom. The summed E-state index contributed by atoms with van der Waals surface area (Å²) in [5.41, 5.74) is 4.03. The fraction of sp³-hybridized carbons (Fsp3) is 0.111. The van der Waals surface area contributed by atoms with E-state index in [9.17, 15) is 9.18 Å². The van der Waals surface area contributed by atoms with Crippen LogP contribution in [0.4, 0.5) is 10.1 Å². The molecule has 23 heavy (non-hydrogen) atoms. The summed E-state index contributed by atoms with van der Waals surface area (Å²) >= 11 is 0. The molecule has 0 atom stereocenters. The Bertz CT molecular complexity index is 853. The van der Waals surface area contributed by atoms with Gasteiger partial charge in [-0.25, -0.2) is 4.39 Å². The quantitative estimate of drug-likeness (QED) is 0.765. The van der Waals surface area contributed by atoms with Gasteiger partial charge in [0.25, 0.3) is 5.91 Å². The lowest BCUT2D eigenvalue weighted by Crippen LogP contribution is -2.12. The van der Waals surface area contributed by atoms with E-state index in [1.165, 1.54) is 6.07 Å². The van der Waals surface area contributed by atoms with Crippen molar-refractivity contribution < 1.29 is 9.18 Å². The summed E-state index contributed by atoms with van der Waals surface area (Å²) in [6.45, 7) is 3.68. The molecule has 1 amide bonds. The molecule has 0 aliphatic heterocycles. The molecule has 0 fully saturated rings. The molecule has 1 aromatic heterocycles. The molecule has 0 radical (unpaired) electrons. The number of aryl methyl sites for hydroxylation is 2. The fourth-order valence-corrected chi connectivity index (χ4v) is 2.18. The van der Waals surface area contributed by atoms with Crippen LogP contribution in [0.1, 0.15) is 21.6 Å². The van der Waals surface area contributed by atoms with Crippen LogP contribution in [-0.2, 0) is 0 Å². The van der Waals surface area contributed by atoms with Crippen LogP contribution in [0.15, 0.2) is 48.5 Å². The van der Waals surface area contributed by atoms with Crippen molar-refractivity contribution >= 4 is 11.6 Å². The lowest BCUT2D eigenvalue weighted by Gasteiger charge is -2.04. The third-order valence-electron chi connectivity index (χ3n) is 3.60.